The summed E-state index contributed by atoms with van der Waals surface area (Å²) < 4.78 is 1.15. The molecule has 0 bridgehead atoms. The maximum atomic E-state index is 3.66. The molecule has 1 unspecified atom stereocenters. The van der Waals surface area contributed by atoms with Gasteiger partial charge in [-0.15, -0.1) is 11.3 Å². The highest BCUT2D eigenvalue weighted by atomic mass is 79.9. The molecule has 0 aliphatic carbocycles. The Balaban J connectivity index is 2.15. The Morgan fingerprint density at radius 2 is 1.81 bits per heavy atom. The Kier molecular flexibility index (Phi) is 4.43. The van der Waals surface area contributed by atoms with Gasteiger partial charge in [-0.25, -0.2) is 0 Å². The number of hydrogen-bond donors (Lipinski definition) is 1. The molecule has 0 aliphatic heterocycles. The molecule has 1 N–H and O–H groups in total. The van der Waals surface area contributed by atoms with Gasteiger partial charge in [0.15, 0.2) is 0 Å². The van der Waals surface area contributed by atoms with Crippen molar-refractivity contribution in [3.05, 3.63) is 68.3 Å². The molecule has 0 saturated heterocycles. The molecule has 1 heterocycles. The van der Waals surface area contributed by atoms with Gasteiger partial charge in [-0.1, -0.05) is 53.2 Å². The summed E-state index contributed by atoms with van der Waals surface area (Å²) in [5, 5.41) is 6.05. The largest absolute Gasteiger partial charge is 0.309 e. The Labute approximate surface area is 138 Å². The van der Waals surface area contributed by atoms with Gasteiger partial charge in [0.05, 0.1) is 6.04 Å². The second-order valence-corrected chi connectivity index (χ2v) is 7.12. The standard InChI is InChI=1S/C18H18BrNS/c1-3-12-8-11-17(21-12)18(20-2)15-9-10-16(19)14-7-5-4-6-13(14)15/h4-11,18,20H,3H2,1-2H3. The average Bonchev–Trinajstić information content (AvgIpc) is 2.99. The van der Waals surface area contributed by atoms with Crippen molar-refractivity contribution in [3.63, 3.8) is 0 Å². The minimum absolute atomic E-state index is 0.244. The van der Waals surface area contributed by atoms with Gasteiger partial charge in [0.2, 0.25) is 0 Å². The fourth-order valence-electron chi connectivity index (χ4n) is 2.73. The van der Waals surface area contributed by atoms with Crippen LogP contribution in [-0.2, 0) is 6.42 Å². The highest BCUT2D eigenvalue weighted by Gasteiger charge is 2.17. The number of fused-ring (bicyclic) bond motifs is 1. The smallest absolute Gasteiger partial charge is 0.0674 e. The van der Waals surface area contributed by atoms with Crippen molar-refractivity contribution in [1.29, 1.82) is 0 Å². The number of hydrogen-bond acceptors (Lipinski definition) is 2. The predicted octanol–water partition coefficient (Wildman–Crippen LogP) is 5.54. The number of nitrogens with one attached hydrogen (secondary N) is 1. The minimum Gasteiger partial charge on any atom is -0.309 e. The molecule has 3 heteroatoms. The SMILES string of the molecule is CCc1ccc(C(NC)c2ccc(Br)c3ccccc23)s1. The van der Waals surface area contributed by atoms with Gasteiger partial charge in [0.25, 0.3) is 0 Å². The van der Waals surface area contributed by atoms with Crippen LogP contribution >= 0.6 is 27.3 Å². The lowest BCUT2D eigenvalue weighted by molar-refractivity contribution is 0.709. The lowest BCUT2D eigenvalue weighted by Crippen LogP contribution is -2.16. The van der Waals surface area contributed by atoms with E-state index in [0.29, 0.717) is 0 Å². The molecular formula is C18H18BrNS. The van der Waals surface area contributed by atoms with E-state index in [0.717, 1.165) is 10.9 Å². The molecule has 0 radical (unpaired) electrons. The number of rotatable bonds is 4. The maximum Gasteiger partial charge on any atom is 0.0674 e. The molecule has 1 aromatic heterocycles. The first-order valence-electron chi connectivity index (χ1n) is 7.17. The molecular weight excluding hydrogens is 342 g/mol. The Bertz CT molecular complexity index is 763. The van der Waals surface area contributed by atoms with Crippen LogP contribution in [0.4, 0.5) is 0 Å². The van der Waals surface area contributed by atoms with Crippen LogP contribution in [0.15, 0.2) is 53.0 Å². The van der Waals surface area contributed by atoms with Crippen molar-refractivity contribution in [3.8, 4) is 0 Å². The highest BCUT2D eigenvalue weighted by Crippen LogP contribution is 2.35. The molecule has 0 fully saturated rings. The van der Waals surface area contributed by atoms with Crippen LogP contribution in [0.2, 0.25) is 0 Å². The van der Waals surface area contributed by atoms with E-state index in [9.17, 15) is 0 Å². The van der Waals surface area contributed by atoms with Crippen molar-refractivity contribution in [2.24, 2.45) is 0 Å². The van der Waals surface area contributed by atoms with Crippen molar-refractivity contribution in [2.45, 2.75) is 19.4 Å². The Hall–Kier alpha value is -1.16. The number of benzene rings is 2. The molecule has 3 aromatic rings. The number of aryl methyl sites for hydroxylation is 1. The van der Waals surface area contributed by atoms with Crippen molar-refractivity contribution in [2.75, 3.05) is 7.05 Å². The molecule has 0 spiro atoms. The third-order valence-electron chi connectivity index (χ3n) is 3.82. The quantitative estimate of drug-likeness (QED) is 0.645. The predicted molar refractivity (Wildman–Crippen MR) is 96.2 cm³/mol. The van der Waals surface area contributed by atoms with Crippen LogP contribution in [0.25, 0.3) is 10.8 Å². The first-order chi connectivity index (χ1) is 10.2. The Morgan fingerprint density at radius 3 is 2.48 bits per heavy atom. The number of halogens is 1. The first kappa shape index (κ1) is 14.8. The van der Waals surface area contributed by atoms with Crippen LogP contribution in [0, 0.1) is 0 Å². The zero-order valence-electron chi connectivity index (χ0n) is 12.2. The van der Waals surface area contributed by atoms with Gasteiger partial charge in [-0.3, -0.25) is 0 Å². The fourth-order valence-corrected chi connectivity index (χ4v) is 4.29. The summed E-state index contributed by atoms with van der Waals surface area (Å²) in [4.78, 5) is 2.81. The van der Waals surface area contributed by atoms with E-state index in [4.69, 9.17) is 0 Å². The molecule has 0 saturated carbocycles. The van der Waals surface area contributed by atoms with Crippen molar-refractivity contribution >= 4 is 38.0 Å². The van der Waals surface area contributed by atoms with Crippen molar-refractivity contribution < 1.29 is 0 Å². The van der Waals surface area contributed by atoms with Crippen LogP contribution in [0.3, 0.4) is 0 Å². The summed E-state index contributed by atoms with van der Waals surface area (Å²) >= 11 is 5.55. The summed E-state index contributed by atoms with van der Waals surface area (Å²) in [6, 6.07) is 17.7. The lowest BCUT2D eigenvalue weighted by atomic mass is 9.98. The summed E-state index contributed by atoms with van der Waals surface area (Å²) in [6.07, 6.45) is 1.10. The first-order valence-corrected chi connectivity index (χ1v) is 8.78. The van der Waals surface area contributed by atoms with Gasteiger partial charge in [-0.2, -0.15) is 0 Å². The lowest BCUT2D eigenvalue weighted by Gasteiger charge is -2.18. The molecule has 2 aromatic carbocycles. The van der Waals surface area contributed by atoms with E-state index in [1.54, 1.807) is 0 Å². The van der Waals surface area contributed by atoms with Crippen LogP contribution < -0.4 is 5.32 Å². The summed E-state index contributed by atoms with van der Waals surface area (Å²) in [5.74, 6) is 0. The van der Waals surface area contributed by atoms with E-state index < -0.39 is 0 Å². The summed E-state index contributed by atoms with van der Waals surface area (Å²) in [5.41, 5.74) is 1.33. The highest BCUT2D eigenvalue weighted by molar-refractivity contribution is 9.10. The van der Waals surface area contributed by atoms with Gasteiger partial charge >= 0.3 is 0 Å². The molecule has 0 amide bonds. The van der Waals surface area contributed by atoms with E-state index in [1.165, 1.54) is 26.1 Å². The monoisotopic (exact) mass is 359 g/mol. The normalized spacial score (nSPS) is 12.7. The third-order valence-corrected chi connectivity index (χ3v) is 5.81. The van der Waals surface area contributed by atoms with E-state index in [2.05, 4.69) is 76.7 Å². The maximum absolute atomic E-state index is 3.66. The van der Waals surface area contributed by atoms with Gasteiger partial charge in [0, 0.05) is 14.2 Å². The van der Waals surface area contributed by atoms with Gasteiger partial charge < -0.3 is 5.32 Å². The average molecular weight is 360 g/mol. The second-order valence-electron chi connectivity index (χ2n) is 5.06. The second kappa shape index (κ2) is 6.30. The zero-order chi connectivity index (χ0) is 14.8. The number of thiophene rings is 1. The van der Waals surface area contributed by atoms with Gasteiger partial charge in [-0.05, 0) is 48.0 Å². The molecule has 21 heavy (non-hydrogen) atoms. The van der Waals surface area contributed by atoms with E-state index >= 15 is 0 Å². The molecule has 1 nitrogen and oxygen atoms in total. The van der Waals surface area contributed by atoms with Crippen LogP contribution in [0.5, 0.6) is 0 Å². The van der Waals surface area contributed by atoms with Crippen molar-refractivity contribution in [1.82, 2.24) is 5.32 Å². The van der Waals surface area contributed by atoms with Crippen LogP contribution in [-0.4, -0.2) is 7.05 Å². The molecule has 3 rings (SSSR count). The molecule has 108 valence electrons. The topological polar surface area (TPSA) is 12.0 Å². The third kappa shape index (κ3) is 2.78. The zero-order valence-corrected chi connectivity index (χ0v) is 14.6. The molecule has 0 aliphatic rings. The fraction of sp³-hybridized carbons (Fsp3) is 0.222. The Morgan fingerprint density at radius 1 is 1.05 bits per heavy atom. The van der Waals surface area contributed by atoms with E-state index in [1.807, 2.05) is 18.4 Å². The molecule has 1 atom stereocenters. The van der Waals surface area contributed by atoms with Gasteiger partial charge in [0.1, 0.15) is 0 Å². The van der Waals surface area contributed by atoms with E-state index in [-0.39, 0.29) is 6.04 Å². The summed E-state index contributed by atoms with van der Waals surface area (Å²) in [6.45, 7) is 2.21. The minimum atomic E-state index is 0.244. The summed E-state index contributed by atoms with van der Waals surface area (Å²) in [7, 11) is 2.03. The van der Waals surface area contributed by atoms with Crippen LogP contribution in [0.1, 0.15) is 28.3 Å².